The molecular formula is C23H22N2O4. The first-order valence-electron chi connectivity index (χ1n) is 9.24. The monoisotopic (exact) mass is 390 g/mol. The number of aromatic nitrogens is 1. The van der Waals surface area contributed by atoms with E-state index in [-0.39, 0.29) is 11.9 Å². The van der Waals surface area contributed by atoms with Crippen LogP contribution in [0.1, 0.15) is 33.2 Å². The Balaban J connectivity index is 1.91. The molecule has 3 aromatic rings. The van der Waals surface area contributed by atoms with Crippen molar-refractivity contribution in [3.8, 4) is 5.75 Å². The maximum atomic E-state index is 13.2. The van der Waals surface area contributed by atoms with Crippen molar-refractivity contribution in [2.45, 2.75) is 13.5 Å². The Labute approximate surface area is 169 Å². The number of hydrogen-bond donors (Lipinski definition) is 0. The van der Waals surface area contributed by atoms with Crippen LogP contribution < -0.4 is 9.64 Å². The van der Waals surface area contributed by atoms with Gasteiger partial charge in [0.15, 0.2) is 0 Å². The van der Waals surface area contributed by atoms with Gasteiger partial charge < -0.3 is 14.4 Å². The third kappa shape index (κ3) is 4.99. The minimum atomic E-state index is -0.388. The Kier molecular flexibility index (Phi) is 6.58. The van der Waals surface area contributed by atoms with E-state index >= 15 is 0 Å². The fourth-order valence-electron chi connectivity index (χ4n) is 2.83. The lowest BCUT2D eigenvalue weighted by molar-refractivity contribution is 0.0526. The molecule has 29 heavy (non-hydrogen) atoms. The standard InChI is InChI=1S/C23H22N2O4/c1-3-29-23(27)19-4-8-20(9-5-19)25(16-17-12-14-24-15-13-17)22(26)18-6-10-21(28-2)11-7-18/h4-15H,3,16H2,1-2H3. The minimum Gasteiger partial charge on any atom is -0.497 e. The Hall–Kier alpha value is -3.67. The van der Waals surface area contributed by atoms with Gasteiger partial charge in [0.2, 0.25) is 0 Å². The van der Waals surface area contributed by atoms with Crippen molar-refractivity contribution in [3.63, 3.8) is 0 Å². The zero-order valence-electron chi connectivity index (χ0n) is 16.4. The lowest BCUT2D eigenvalue weighted by atomic mass is 10.1. The lowest BCUT2D eigenvalue weighted by Crippen LogP contribution is -2.30. The van der Waals surface area contributed by atoms with Gasteiger partial charge in [-0.1, -0.05) is 0 Å². The molecular weight excluding hydrogens is 368 g/mol. The summed E-state index contributed by atoms with van der Waals surface area (Å²) in [6, 6.07) is 17.5. The average Bonchev–Trinajstić information content (AvgIpc) is 2.78. The molecule has 0 unspecified atom stereocenters. The maximum Gasteiger partial charge on any atom is 0.338 e. The van der Waals surface area contributed by atoms with Crippen LogP contribution in [0.3, 0.4) is 0 Å². The first-order chi connectivity index (χ1) is 14.1. The van der Waals surface area contributed by atoms with E-state index in [1.54, 1.807) is 79.9 Å². The van der Waals surface area contributed by atoms with Crippen molar-refractivity contribution < 1.29 is 19.1 Å². The number of carbonyl (C=O) groups is 2. The largest absolute Gasteiger partial charge is 0.497 e. The zero-order valence-corrected chi connectivity index (χ0v) is 16.4. The SMILES string of the molecule is CCOC(=O)c1ccc(N(Cc2ccncc2)C(=O)c2ccc(OC)cc2)cc1. The van der Waals surface area contributed by atoms with Crippen molar-refractivity contribution in [3.05, 3.63) is 89.7 Å². The number of carbonyl (C=O) groups excluding carboxylic acids is 2. The van der Waals surface area contributed by atoms with Gasteiger partial charge in [-0.15, -0.1) is 0 Å². The molecule has 0 aliphatic carbocycles. The van der Waals surface area contributed by atoms with Gasteiger partial charge in [0.05, 0.1) is 25.8 Å². The molecule has 6 nitrogen and oxygen atoms in total. The van der Waals surface area contributed by atoms with Crippen LogP contribution in [0.5, 0.6) is 5.75 Å². The van der Waals surface area contributed by atoms with Gasteiger partial charge in [-0.3, -0.25) is 9.78 Å². The van der Waals surface area contributed by atoms with Gasteiger partial charge in [0, 0.05) is 23.6 Å². The number of hydrogen-bond acceptors (Lipinski definition) is 5. The fourth-order valence-corrected chi connectivity index (χ4v) is 2.83. The molecule has 0 aliphatic heterocycles. The average molecular weight is 390 g/mol. The summed E-state index contributed by atoms with van der Waals surface area (Å²) in [5.74, 6) is 0.135. The number of pyridine rings is 1. The first-order valence-corrected chi connectivity index (χ1v) is 9.24. The molecule has 1 amide bonds. The number of ether oxygens (including phenoxy) is 2. The van der Waals surface area contributed by atoms with Crippen molar-refractivity contribution in [1.29, 1.82) is 0 Å². The van der Waals surface area contributed by atoms with E-state index in [0.717, 1.165) is 5.56 Å². The third-order valence-corrected chi connectivity index (χ3v) is 4.36. The van der Waals surface area contributed by atoms with Crippen molar-refractivity contribution in [1.82, 2.24) is 4.98 Å². The molecule has 0 aliphatic rings. The molecule has 6 heteroatoms. The molecule has 0 fully saturated rings. The molecule has 3 rings (SSSR count). The van der Waals surface area contributed by atoms with E-state index in [0.29, 0.717) is 35.7 Å². The minimum absolute atomic E-state index is 0.159. The van der Waals surface area contributed by atoms with Gasteiger partial charge in [-0.25, -0.2) is 4.79 Å². The molecule has 0 atom stereocenters. The number of rotatable bonds is 7. The topological polar surface area (TPSA) is 68.7 Å². The van der Waals surface area contributed by atoms with E-state index in [1.165, 1.54) is 0 Å². The predicted octanol–water partition coefficient (Wildman–Crippen LogP) is 4.11. The third-order valence-electron chi connectivity index (χ3n) is 4.36. The van der Waals surface area contributed by atoms with Crippen LogP contribution in [0, 0.1) is 0 Å². The van der Waals surface area contributed by atoms with E-state index in [1.807, 2.05) is 12.1 Å². The number of methoxy groups -OCH3 is 1. The molecule has 148 valence electrons. The van der Waals surface area contributed by atoms with Gasteiger partial charge in [0.25, 0.3) is 5.91 Å². The number of esters is 1. The smallest absolute Gasteiger partial charge is 0.338 e. The van der Waals surface area contributed by atoms with E-state index in [2.05, 4.69) is 4.98 Å². The summed E-state index contributed by atoms with van der Waals surface area (Å²) in [5.41, 5.74) is 2.60. The van der Waals surface area contributed by atoms with Crippen LogP contribution in [-0.4, -0.2) is 30.6 Å². The number of amides is 1. The van der Waals surface area contributed by atoms with Gasteiger partial charge >= 0.3 is 5.97 Å². The summed E-state index contributed by atoms with van der Waals surface area (Å²) in [4.78, 5) is 30.8. The molecule has 1 aromatic heterocycles. The van der Waals surface area contributed by atoms with E-state index in [4.69, 9.17) is 9.47 Å². The highest BCUT2D eigenvalue weighted by Gasteiger charge is 2.19. The highest BCUT2D eigenvalue weighted by Crippen LogP contribution is 2.22. The molecule has 0 radical (unpaired) electrons. The quantitative estimate of drug-likeness (QED) is 0.568. The Bertz CT molecular complexity index is 954. The first kappa shape index (κ1) is 20.1. The van der Waals surface area contributed by atoms with Crippen molar-refractivity contribution >= 4 is 17.6 Å². The summed E-state index contributed by atoms with van der Waals surface area (Å²) < 4.78 is 10.2. The number of benzene rings is 2. The highest BCUT2D eigenvalue weighted by molar-refractivity contribution is 6.06. The summed E-state index contributed by atoms with van der Waals surface area (Å²) in [6.45, 7) is 2.44. The van der Waals surface area contributed by atoms with Crippen molar-refractivity contribution in [2.24, 2.45) is 0 Å². The Morgan fingerprint density at radius 2 is 1.52 bits per heavy atom. The molecule has 0 bridgehead atoms. The Morgan fingerprint density at radius 3 is 2.10 bits per heavy atom. The molecule has 0 saturated heterocycles. The van der Waals surface area contributed by atoms with E-state index < -0.39 is 0 Å². The maximum absolute atomic E-state index is 13.2. The van der Waals surface area contributed by atoms with Crippen LogP contribution in [0.25, 0.3) is 0 Å². The molecule has 0 spiro atoms. The predicted molar refractivity (Wildman–Crippen MR) is 110 cm³/mol. The number of nitrogens with zero attached hydrogens (tertiary/aromatic N) is 2. The number of anilines is 1. The lowest BCUT2D eigenvalue weighted by Gasteiger charge is -2.23. The molecule has 2 aromatic carbocycles. The normalized spacial score (nSPS) is 10.3. The van der Waals surface area contributed by atoms with Gasteiger partial charge in [0.1, 0.15) is 5.75 Å². The van der Waals surface area contributed by atoms with Crippen LogP contribution in [-0.2, 0) is 11.3 Å². The summed E-state index contributed by atoms with van der Waals surface area (Å²) in [5, 5.41) is 0. The summed E-state index contributed by atoms with van der Waals surface area (Å²) in [7, 11) is 1.58. The summed E-state index contributed by atoms with van der Waals surface area (Å²) >= 11 is 0. The van der Waals surface area contributed by atoms with Crippen LogP contribution in [0.2, 0.25) is 0 Å². The zero-order chi connectivity index (χ0) is 20.6. The van der Waals surface area contributed by atoms with Crippen LogP contribution in [0.15, 0.2) is 73.1 Å². The highest BCUT2D eigenvalue weighted by atomic mass is 16.5. The molecule has 0 saturated carbocycles. The second kappa shape index (κ2) is 9.50. The second-order valence-corrected chi connectivity index (χ2v) is 6.24. The van der Waals surface area contributed by atoms with Crippen LogP contribution >= 0.6 is 0 Å². The Morgan fingerprint density at radius 1 is 0.897 bits per heavy atom. The molecule has 1 heterocycles. The fraction of sp³-hybridized carbons (Fsp3) is 0.174. The summed E-state index contributed by atoms with van der Waals surface area (Å²) in [6.07, 6.45) is 3.38. The van der Waals surface area contributed by atoms with Crippen LogP contribution in [0.4, 0.5) is 5.69 Å². The van der Waals surface area contributed by atoms with E-state index in [9.17, 15) is 9.59 Å². The second-order valence-electron chi connectivity index (χ2n) is 6.24. The van der Waals surface area contributed by atoms with Gasteiger partial charge in [-0.2, -0.15) is 0 Å². The van der Waals surface area contributed by atoms with Crippen molar-refractivity contribution in [2.75, 3.05) is 18.6 Å². The molecule has 0 N–H and O–H groups in total. The van der Waals surface area contributed by atoms with Gasteiger partial charge in [-0.05, 0) is 73.2 Å².